The number of carbonyl (C=O) groups is 1. The van der Waals surface area contributed by atoms with Gasteiger partial charge in [0.2, 0.25) is 0 Å². The van der Waals surface area contributed by atoms with Crippen LogP contribution < -0.4 is 4.90 Å². The van der Waals surface area contributed by atoms with Crippen LogP contribution in [-0.2, 0) is 6.18 Å². The zero-order valence-electron chi connectivity index (χ0n) is 12.4. The van der Waals surface area contributed by atoms with Gasteiger partial charge in [-0.2, -0.15) is 18.3 Å². The van der Waals surface area contributed by atoms with Gasteiger partial charge >= 0.3 is 6.18 Å². The quantitative estimate of drug-likeness (QED) is 0.757. The minimum Gasteiger partial charge on any atom is -0.362 e. The van der Waals surface area contributed by atoms with Crippen LogP contribution in [-0.4, -0.2) is 30.2 Å². The van der Waals surface area contributed by atoms with Gasteiger partial charge in [0.15, 0.2) is 6.29 Å². The number of aromatic nitrogens is 2. The first-order valence-corrected chi connectivity index (χ1v) is 7.12. The topological polar surface area (TPSA) is 38.1 Å². The van der Waals surface area contributed by atoms with E-state index in [1.54, 1.807) is 25.9 Å². The molecule has 1 aromatic heterocycles. The molecule has 124 valence electrons. The van der Waals surface area contributed by atoms with Gasteiger partial charge in [0.05, 0.1) is 26.9 Å². The van der Waals surface area contributed by atoms with E-state index >= 15 is 0 Å². The van der Waals surface area contributed by atoms with Crippen molar-refractivity contribution in [2.24, 2.45) is 0 Å². The summed E-state index contributed by atoms with van der Waals surface area (Å²) in [5.74, 6) is 0.376. The van der Waals surface area contributed by atoms with E-state index < -0.39 is 11.7 Å². The second-order valence-corrected chi connectivity index (χ2v) is 5.85. The summed E-state index contributed by atoms with van der Waals surface area (Å²) in [6.45, 7) is 1.61. The molecule has 0 unspecified atom stereocenters. The Morgan fingerprint density at radius 2 is 1.74 bits per heavy atom. The standard InChI is InChI=1S/C14H12Cl2F3N3O/c1-7-9(6-23)13(21(2)3)22(20-7)12-10(15)4-8(5-11(12)16)14(17,18)19/h4-6H,1-3H3. The van der Waals surface area contributed by atoms with Crippen LogP contribution in [0.2, 0.25) is 10.0 Å². The molecule has 1 heterocycles. The SMILES string of the molecule is Cc1nn(-c2c(Cl)cc(C(F)(F)F)cc2Cl)c(N(C)C)c1C=O. The summed E-state index contributed by atoms with van der Waals surface area (Å²) in [5, 5.41) is 3.75. The Balaban J connectivity index is 2.76. The molecule has 0 spiro atoms. The van der Waals surface area contributed by atoms with E-state index in [0.29, 0.717) is 23.4 Å². The second-order valence-electron chi connectivity index (χ2n) is 5.03. The maximum Gasteiger partial charge on any atom is 0.416 e. The highest BCUT2D eigenvalue weighted by Gasteiger charge is 2.33. The third kappa shape index (κ3) is 3.16. The molecule has 1 aromatic carbocycles. The molecule has 0 radical (unpaired) electrons. The van der Waals surface area contributed by atoms with Crippen LogP contribution in [0.25, 0.3) is 5.69 Å². The summed E-state index contributed by atoms with van der Waals surface area (Å²) in [6.07, 6.45) is -3.94. The molecule has 0 aliphatic carbocycles. The van der Waals surface area contributed by atoms with Crippen molar-refractivity contribution in [3.8, 4) is 5.69 Å². The Kier molecular flexibility index (Phi) is 4.64. The van der Waals surface area contributed by atoms with Crippen LogP contribution >= 0.6 is 23.2 Å². The minimum absolute atomic E-state index is 0.0845. The van der Waals surface area contributed by atoms with E-state index in [2.05, 4.69) is 5.10 Å². The monoisotopic (exact) mass is 365 g/mol. The number of alkyl halides is 3. The Bertz CT molecular complexity index is 746. The van der Waals surface area contributed by atoms with Gasteiger partial charge in [-0.05, 0) is 19.1 Å². The fourth-order valence-corrected chi connectivity index (χ4v) is 2.83. The molecule has 0 aliphatic heterocycles. The smallest absolute Gasteiger partial charge is 0.362 e. The molecule has 0 saturated carbocycles. The van der Waals surface area contributed by atoms with E-state index in [4.69, 9.17) is 23.2 Å². The molecule has 2 rings (SSSR count). The lowest BCUT2D eigenvalue weighted by Gasteiger charge is -2.18. The van der Waals surface area contributed by atoms with Crippen molar-refractivity contribution in [1.82, 2.24) is 9.78 Å². The van der Waals surface area contributed by atoms with Crippen molar-refractivity contribution in [3.63, 3.8) is 0 Å². The normalized spacial score (nSPS) is 11.7. The number of rotatable bonds is 3. The minimum atomic E-state index is -4.57. The molecular weight excluding hydrogens is 354 g/mol. The highest BCUT2D eigenvalue weighted by atomic mass is 35.5. The number of benzene rings is 1. The van der Waals surface area contributed by atoms with Crippen LogP contribution in [0.5, 0.6) is 0 Å². The van der Waals surface area contributed by atoms with Crippen molar-refractivity contribution in [3.05, 3.63) is 39.0 Å². The summed E-state index contributed by atoms with van der Waals surface area (Å²) < 4.78 is 39.7. The van der Waals surface area contributed by atoms with Crippen molar-refractivity contribution in [1.29, 1.82) is 0 Å². The number of carbonyl (C=O) groups excluding carboxylic acids is 1. The number of hydrogen-bond donors (Lipinski definition) is 0. The first-order chi connectivity index (χ1) is 10.6. The molecule has 23 heavy (non-hydrogen) atoms. The maximum absolute atomic E-state index is 12.8. The summed E-state index contributed by atoms with van der Waals surface area (Å²) in [4.78, 5) is 12.9. The van der Waals surface area contributed by atoms with Crippen molar-refractivity contribution < 1.29 is 18.0 Å². The Hall–Kier alpha value is -1.73. The van der Waals surface area contributed by atoms with Gasteiger partial charge in [-0.3, -0.25) is 4.79 Å². The van der Waals surface area contributed by atoms with E-state index in [9.17, 15) is 18.0 Å². The van der Waals surface area contributed by atoms with Gasteiger partial charge in [-0.1, -0.05) is 23.2 Å². The van der Waals surface area contributed by atoms with Crippen LogP contribution in [0.4, 0.5) is 19.0 Å². The number of hydrogen-bond acceptors (Lipinski definition) is 3. The molecule has 4 nitrogen and oxygen atoms in total. The molecular formula is C14H12Cl2F3N3O. The molecule has 0 fully saturated rings. The predicted octanol–water partition coefficient (Wildman–Crippen LogP) is 4.38. The number of aldehydes is 1. The lowest BCUT2D eigenvalue weighted by atomic mass is 10.2. The third-order valence-corrected chi connectivity index (χ3v) is 3.76. The van der Waals surface area contributed by atoms with E-state index in [1.807, 2.05) is 0 Å². The summed E-state index contributed by atoms with van der Waals surface area (Å²) >= 11 is 12.0. The Morgan fingerprint density at radius 1 is 1.22 bits per heavy atom. The van der Waals surface area contributed by atoms with Gasteiger partial charge in [0.25, 0.3) is 0 Å². The van der Waals surface area contributed by atoms with Crippen molar-refractivity contribution >= 4 is 35.3 Å². The first kappa shape index (κ1) is 17.6. The van der Waals surface area contributed by atoms with Crippen molar-refractivity contribution in [2.75, 3.05) is 19.0 Å². The lowest BCUT2D eigenvalue weighted by molar-refractivity contribution is -0.137. The number of halogens is 5. The van der Waals surface area contributed by atoms with E-state index in [-0.39, 0.29) is 15.7 Å². The van der Waals surface area contributed by atoms with Crippen LogP contribution in [0.1, 0.15) is 21.6 Å². The van der Waals surface area contributed by atoms with E-state index in [1.165, 1.54) is 4.68 Å². The van der Waals surface area contributed by atoms with E-state index in [0.717, 1.165) is 12.1 Å². The average molecular weight is 366 g/mol. The van der Waals surface area contributed by atoms with Crippen molar-refractivity contribution in [2.45, 2.75) is 13.1 Å². The summed E-state index contributed by atoms with van der Waals surface area (Å²) in [7, 11) is 3.34. The van der Waals surface area contributed by atoms with Crippen LogP contribution in [0, 0.1) is 6.92 Å². The molecule has 0 N–H and O–H groups in total. The Labute approximate surface area is 140 Å². The summed E-state index contributed by atoms with van der Waals surface area (Å²) in [5.41, 5.74) is -0.152. The third-order valence-electron chi connectivity index (χ3n) is 3.18. The molecule has 0 aliphatic rings. The fraction of sp³-hybridized carbons (Fsp3) is 0.286. The van der Waals surface area contributed by atoms with Gasteiger partial charge in [0, 0.05) is 14.1 Å². The zero-order valence-corrected chi connectivity index (χ0v) is 13.9. The highest BCUT2D eigenvalue weighted by Crippen LogP contribution is 2.39. The zero-order chi connectivity index (χ0) is 17.5. The summed E-state index contributed by atoms with van der Waals surface area (Å²) in [6, 6.07) is 1.56. The molecule has 0 saturated heterocycles. The maximum atomic E-state index is 12.8. The van der Waals surface area contributed by atoms with Gasteiger partial charge in [-0.15, -0.1) is 0 Å². The molecule has 2 aromatic rings. The number of aryl methyl sites for hydroxylation is 1. The van der Waals surface area contributed by atoms with Gasteiger partial charge < -0.3 is 4.90 Å². The van der Waals surface area contributed by atoms with Gasteiger partial charge in [0.1, 0.15) is 11.5 Å². The lowest BCUT2D eigenvalue weighted by Crippen LogP contribution is -2.16. The molecule has 0 bridgehead atoms. The van der Waals surface area contributed by atoms with Crippen LogP contribution in [0.15, 0.2) is 12.1 Å². The highest BCUT2D eigenvalue weighted by molar-refractivity contribution is 6.38. The number of anilines is 1. The predicted molar refractivity (Wildman–Crippen MR) is 83.0 cm³/mol. The average Bonchev–Trinajstić information content (AvgIpc) is 2.73. The second kappa shape index (κ2) is 6.05. The fourth-order valence-electron chi connectivity index (χ4n) is 2.18. The first-order valence-electron chi connectivity index (χ1n) is 6.36. The largest absolute Gasteiger partial charge is 0.416 e. The van der Waals surface area contributed by atoms with Gasteiger partial charge in [-0.25, -0.2) is 4.68 Å². The molecule has 0 atom stereocenters. The molecule has 9 heteroatoms. The molecule has 0 amide bonds. The van der Waals surface area contributed by atoms with Crippen LogP contribution in [0.3, 0.4) is 0 Å². The Morgan fingerprint density at radius 3 is 2.13 bits per heavy atom. The number of nitrogens with zero attached hydrogens (tertiary/aromatic N) is 3.